The zero-order valence-electron chi connectivity index (χ0n) is 17.2. The number of hydrogen-bond donors (Lipinski definition) is 3. The Morgan fingerprint density at radius 3 is 2.10 bits per heavy atom. The number of nitrogens with zero attached hydrogens (tertiary/aromatic N) is 1. The van der Waals surface area contributed by atoms with Gasteiger partial charge in [0, 0.05) is 43.0 Å². The van der Waals surface area contributed by atoms with Crippen molar-refractivity contribution in [1.29, 1.82) is 0 Å². The maximum absolute atomic E-state index is 12.4. The molecule has 1 aliphatic rings. The number of carbonyl (C=O) groups excluding carboxylic acids is 3. The van der Waals surface area contributed by atoms with Crippen molar-refractivity contribution in [1.82, 2.24) is 10.2 Å². The summed E-state index contributed by atoms with van der Waals surface area (Å²) in [6.07, 6.45) is 0. The fraction of sp³-hybridized carbons (Fsp3) is 0.318. The number of amides is 3. The molecule has 2 aromatic rings. The standard InChI is InChI=1S/C22H25ClN4O4/c1-15(28)25-18-6-8-19(9-7-18)26-22(30)21(29)24-14-20(27-10-12-31-13-11-27)16-2-4-17(23)5-3-16/h2-9,20H,10-14H2,1H3,(H,24,29)(H,25,28)(H,26,30). The second kappa shape index (κ2) is 10.9. The van der Waals surface area contributed by atoms with E-state index >= 15 is 0 Å². The summed E-state index contributed by atoms with van der Waals surface area (Å²) in [6.45, 7) is 4.38. The molecule has 1 unspecified atom stereocenters. The Bertz CT molecular complexity index is 912. The van der Waals surface area contributed by atoms with Gasteiger partial charge in [-0.2, -0.15) is 0 Å². The number of benzene rings is 2. The van der Waals surface area contributed by atoms with Crippen molar-refractivity contribution in [2.75, 3.05) is 43.5 Å². The van der Waals surface area contributed by atoms with Crippen LogP contribution in [0.1, 0.15) is 18.5 Å². The molecule has 9 heteroatoms. The molecule has 3 rings (SSSR count). The fourth-order valence-electron chi connectivity index (χ4n) is 3.33. The van der Waals surface area contributed by atoms with E-state index in [1.165, 1.54) is 6.92 Å². The molecule has 0 spiro atoms. The molecule has 0 bridgehead atoms. The normalized spacial score (nSPS) is 15.0. The molecule has 0 aliphatic carbocycles. The molecule has 1 fully saturated rings. The van der Waals surface area contributed by atoms with Crippen LogP contribution < -0.4 is 16.0 Å². The Labute approximate surface area is 185 Å². The summed E-state index contributed by atoms with van der Waals surface area (Å²) < 4.78 is 5.43. The third-order valence-corrected chi connectivity index (χ3v) is 5.12. The van der Waals surface area contributed by atoms with Crippen LogP contribution in [0.25, 0.3) is 0 Å². The number of anilines is 2. The Morgan fingerprint density at radius 1 is 0.935 bits per heavy atom. The number of halogens is 1. The van der Waals surface area contributed by atoms with E-state index in [-0.39, 0.29) is 18.5 Å². The van der Waals surface area contributed by atoms with Gasteiger partial charge in [-0.05, 0) is 42.0 Å². The minimum atomic E-state index is -0.760. The van der Waals surface area contributed by atoms with E-state index in [0.717, 1.165) is 18.7 Å². The van der Waals surface area contributed by atoms with Gasteiger partial charge in [-0.15, -0.1) is 0 Å². The molecule has 1 atom stereocenters. The van der Waals surface area contributed by atoms with Gasteiger partial charge in [0.05, 0.1) is 19.3 Å². The van der Waals surface area contributed by atoms with E-state index < -0.39 is 11.8 Å². The number of rotatable bonds is 6. The fourth-order valence-corrected chi connectivity index (χ4v) is 3.46. The van der Waals surface area contributed by atoms with Gasteiger partial charge in [0.15, 0.2) is 0 Å². The van der Waals surface area contributed by atoms with Gasteiger partial charge >= 0.3 is 11.8 Å². The molecule has 8 nitrogen and oxygen atoms in total. The summed E-state index contributed by atoms with van der Waals surface area (Å²) in [7, 11) is 0. The quantitative estimate of drug-likeness (QED) is 0.594. The van der Waals surface area contributed by atoms with E-state index in [4.69, 9.17) is 16.3 Å². The van der Waals surface area contributed by atoms with Gasteiger partial charge in [0.2, 0.25) is 5.91 Å². The number of hydrogen-bond acceptors (Lipinski definition) is 5. The molecule has 1 saturated heterocycles. The Hall–Kier alpha value is -2.94. The highest BCUT2D eigenvalue weighted by Gasteiger charge is 2.24. The van der Waals surface area contributed by atoms with Crippen LogP contribution in [-0.4, -0.2) is 55.5 Å². The Balaban J connectivity index is 1.59. The van der Waals surface area contributed by atoms with Crippen LogP contribution in [0.5, 0.6) is 0 Å². The molecule has 0 saturated carbocycles. The summed E-state index contributed by atoms with van der Waals surface area (Å²) in [5, 5.41) is 8.56. The second-order valence-electron chi connectivity index (χ2n) is 7.14. The molecular formula is C22H25ClN4O4. The van der Waals surface area contributed by atoms with E-state index in [1.807, 2.05) is 24.3 Å². The van der Waals surface area contributed by atoms with E-state index in [1.54, 1.807) is 24.3 Å². The predicted molar refractivity (Wildman–Crippen MR) is 119 cm³/mol. The lowest BCUT2D eigenvalue weighted by Gasteiger charge is -2.34. The number of nitrogens with one attached hydrogen (secondary N) is 3. The molecule has 1 aliphatic heterocycles. The van der Waals surface area contributed by atoms with Crippen LogP contribution in [0.4, 0.5) is 11.4 Å². The summed E-state index contributed by atoms with van der Waals surface area (Å²) in [6, 6.07) is 13.9. The first-order valence-corrected chi connectivity index (χ1v) is 10.3. The van der Waals surface area contributed by atoms with Gasteiger partial charge < -0.3 is 20.7 Å². The van der Waals surface area contributed by atoms with Crippen molar-refractivity contribution in [2.45, 2.75) is 13.0 Å². The monoisotopic (exact) mass is 444 g/mol. The molecule has 1 heterocycles. The minimum Gasteiger partial charge on any atom is -0.379 e. The van der Waals surface area contributed by atoms with Gasteiger partial charge in [-0.1, -0.05) is 23.7 Å². The lowest BCUT2D eigenvalue weighted by atomic mass is 10.0. The minimum absolute atomic E-state index is 0.102. The van der Waals surface area contributed by atoms with Crippen LogP contribution in [0.15, 0.2) is 48.5 Å². The summed E-state index contributed by atoms with van der Waals surface area (Å²) in [5.74, 6) is -1.67. The summed E-state index contributed by atoms with van der Waals surface area (Å²) in [4.78, 5) is 38.0. The lowest BCUT2D eigenvalue weighted by molar-refractivity contribution is -0.136. The van der Waals surface area contributed by atoms with Crippen LogP contribution >= 0.6 is 11.6 Å². The SMILES string of the molecule is CC(=O)Nc1ccc(NC(=O)C(=O)NCC(c2ccc(Cl)cc2)N2CCOCC2)cc1. The molecule has 0 aromatic heterocycles. The molecule has 31 heavy (non-hydrogen) atoms. The van der Waals surface area contributed by atoms with Crippen molar-refractivity contribution in [3.05, 3.63) is 59.1 Å². The number of ether oxygens (including phenoxy) is 1. The highest BCUT2D eigenvalue weighted by Crippen LogP contribution is 2.23. The van der Waals surface area contributed by atoms with Crippen LogP contribution in [-0.2, 0) is 19.1 Å². The largest absolute Gasteiger partial charge is 0.379 e. The third kappa shape index (κ3) is 6.78. The van der Waals surface area contributed by atoms with Gasteiger partial charge in [-0.3, -0.25) is 19.3 Å². The number of carbonyl (C=O) groups is 3. The zero-order chi connectivity index (χ0) is 22.2. The van der Waals surface area contributed by atoms with Crippen molar-refractivity contribution in [3.63, 3.8) is 0 Å². The van der Waals surface area contributed by atoms with Crippen molar-refractivity contribution in [2.24, 2.45) is 0 Å². The summed E-state index contributed by atoms with van der Waals surface area (Å²) >= 11 is 6.01. The molecule has 2 aromatic carbocycles. The Morgan fingerprint density at radius 2 is 1.52 bits per heavy atom. The molecule has 3 N–H and O–H groups in total. The highest BCUT2D eigenvalue weighted by molar-refractivity contribution is 6.39. The maximum Gasteiger partial charge on any atom is 0.313 e. The second-order valence-corrected chi connectivity index (χ2v) is 7.57. The van der Waals surface area contributed by atoms with Crippen LogP contribution in [0, 0.1) is 0 Å². The van der Waals surface area contributed by atoms with Gasteiger partial charge in [-0.25, -0.2) is 0 Å². The van der Waals surface area contributed by atoms with Crippen molar-refractivity contribution >= 4 is 40.7 Å². The molecule has 3 amide bonds. The van der Waals surface area contributed by atoms with E-state index in [2.05, 4.69) is 20.9 Å². The molecule has 0 radical (unpaired) electrons. The first kappa shape index (κ1) is 22.7. The summed E-state index contributed by atoms with van der Waals surface area (Å²) in [5.41, 5.74) is 2.06. The van der Waals surface area contributed by atoms with Gasteiger partial charge in [0.1, 0.15) is 0 Å². The first-order chi connectivity index (χ1) is 14.9. The van der Waals surface area contributed by atoms with E-state index in [0.29, 0.717) is 29.6 Å². The average Bonchev–Trinajstić information content (AvgIpc) is 2.76. The highest BCUT2D eigenvalue weighted by atomic mass is 35.5. The smallest absolute Gasteiger partial charge is 0.313 e. The van der Waals surface area contributed by atoms with Crippen molar-refractivity contribution < 1.29 is 19.1 Å². The van der Waals surface area contributed by atoms with Crippen LogP contribution in [0.3, 0.4) is 0 Å². The van der Waals surface area contributed by atoms with Crippen LogP contribution in [0.2, 0.25) is 5.02 Å². The predicted octanol–water partition coefficient (Wildman–Crippen LogP) is 2.43. The molecule has 164 valence electrons. The number of morpholine rings is 1. The van der Waals surface area contributed by atoms with Crippen molar-refractivity contribution in [3.8, 4) is 0 Å². The van der Waals surface area contributed by atoms with E-state index in [9.17, 15) is 14.4 Å². The lowest BCUT2D eigenvalue weighted by Crippen LogP contribution is -2.45. The maximum atomic E-state index is 12.4. The third-order valence-electron chi connectivity index (χ3n) is 4.87. The van der Waals surface area contributed by atoms with Gasteiger partial charge in [0.25, 0.3) is 0 Å². The topological polar surface area (TPSA) is 99.8 Å². The Kier molecular flexibility index (Phi) is 8.00. The first-order valence-electron chi connectivity index (χ1n) is 9.96. The zero-order valence-corrected chi connectivity index (χ0v) is 17.9. The molecular weight excluding hydrogens is 420 g/mol. The average molecular weight is 445 g/mol.